The van der Waals surface area contributed by atoms with Crippen LogP contribution in [0.15, 0.2) is 42.5 Å². The van der Waals surface area contributed by atoms with E-state index in [1.165, 1.54) is 18.9 Å². The molecule has 0 aliphatic carbocycles. The normalized spacial score (nSPS) is 11.2. The second kappa shape index (κ2) is 10.1. The number of aryl methyl sites for hydroxylation is 1. The molecule has 0 heterocycles. The maximum atomic E-state index is 12.4. The number of amides is 3. The Morgan fingerprint density at radius 2 is 1.77 bits per heavy atom. The first-order valence-electron chi connectivity index (χ1n) is 9.28. The van der Waals surface area contributed by atoms with Gasteiger partial charge in [-0.15, -0.1) is 0 Å². The van der Waals surface area contributed by atoms with Gasteiger partial charge in [-0.25, -0.2) is 4.79 Å². The summed E-state index contributed by atoms with van der Waals surface area (Å²) in [6.45, 7) is 4.60. The minimum Gasteiger partial charge on any atom is -0.494 e. The monoisotopic (exact) mass is 414 g/mol. The Hall–Kier alpha value is -3.75. The van der Waals surface area contributed by atoms with Crippen LogP contribution in [0.3, 0.4) is 0 Å². The SMILES string of the molecule is COc1cc(N(CC(=O)O)C(C)NC(C)=O)ccc1NC(=O)Nc1ccccc1C. The number of nitrogens with one attached hydrogen (secondary N) is 3. The van der Waals surface area contributed by atoms with E-state index in [4.69, 9.17) is 4.74 Å². The van der Waals surface area contributed by atoms with E-state index < -0.39 is 18.2 Å². The first-order valence-corrected chi connectivity index (χ1v) is 9.28. The zero-order valence-corrected chi connectivity index (χ0v) is 17.4. The topological polar surface area (TPSA) is 120 Å². The number of para-hydroxylation sites is 1. The van der Waals surface area contributed by atoms with E-state index in [1.54, 1.807) is 31.2 Å². The molecule has 0 bridgehead atoms. The molecule has 0 aromatic heterocycles. The number of carbonyl (C=O) groups excluding carboxylic acids is 2. The van der Waals surface area contributed by atoms with Gasteiger partial charge in [-0.3, -0.25) is 9.59 Å². The number of hydrogen-bond donors (Lipinski definition) is 4. The van der Waals surface area contributed by atoms with Crippen LogP contribution in [0.2, 0.25) is 0 Å². The highest BCUT2D eigenvalue weighted by molar-refractivity contribution is 6.01. The molecule has 0 aliphatic rings. The van der Waals surface area contributed by atoms with Crippen LogP contribution in [0.25, 0.3) is 0 Å². The Labute approximate surface area is 175 Å². The van der Waals surface area contributed by atoms with Crippen LogP contribution in [0, 0.1) is 6.92 Å². The van der Waals surface area contributed by atoms with Crippen molar-refractivity contribution in [1.82, 2.24) is 5.32 Å². The Kier molecular flexibility index (Phi) is 7.62. The molecule has 0 saturated carbocycles. The van der Waals surface area contributed by atoms with Crippen LogP contribution in [-0.4, -0.2) is 42.8 Å². The minimum absolute atomic E-state index is 0.281. The van der Waals surface area contributed by atoms with Crippen LogP contribution in [0.1, 0.15) is 19.4 Å². The lowest BCUT2D eigenvalue weighted by atomic mass is 10.2. The molecule has 0 fully saturated rings. The molecule has 1 unspecified atom stereocenters. The number of benzene rings is 2. The number of carboxylic acids is 1. The molecule has 9 heteroatoms. The average molecular weight is 414 g/mol. The molecule has 2 rings (SSSR count). The molecule has 0 aliphatic heterocycles. The van der Waals surface area contributed by atoms with Gasteiger partial charge < -0.3 is 30.7 Å². The standard InChI is InChI=1S/C21H26N4O5/c1-13-7-5-6-8-17(13)23-21(29)24-18-10-9-16(11-19(18)30-4)25(12-20(27)28)14(2)22-15(3)26/h5-11,14H,12H2,1-4H3,(H,22,26)(H,27,28)(H2,23,24,29). The zero-order valence-electron chi connectivity index (χ0n) is 17.4. The highest BCUT2D eigenvalue weighted by atomic mass is 16.5. The quantitative estimate of drug-likeness (QED) is 0.493. The fourth-order valence-electron chi connectivity index (χ4n) is 2.92. The van der Waals surface area contributed by atoms with Gasteiger partial charge >= 0.3 is 12.0 Å². The van der Waals surface area contributed by atoms with Crippen LogP contribution < -0.4 is 25.6 Å². The highest BCUT2D eigenvalue weighted by Crippen LogP contribution is 2.30. The average Bonchev–Trinajstić information content (AvgIpc) is 2.67. The molecule has 2 aromatic rings. The Bertz CT molecular complexity index is 931. The molecule has 9 nitrogen and oxygen atoms in total. The molecule has 0 saturated heterocycles. The summed E-state index contributed by atoms with van der Waals surface area (Å²) in [6, 6.07) is 11.8. The van der Waals surface area contributed by atoms with Crippen molar-refractivity contribution >= 4 is 35.0 Å². The van der Waals surface area contributed by atoms with Crippen LogP contribution in [-0.2, 0) is 9.59 Å². The van der Waals surface area contributed by atoms with Crippen molar-refractivity contribution in [3.05, 3.63) is 48.0 Å². The van der Waals surface area contributed by atoms with Crippen molar-refractivity contribution in [2.45, 2.75) is 26.9 Å². The summed E-state index contributed by atoms with van der Waals surface area (Å²) in [5, 5.41) is 17.4. The molecule has 0 radical (unpaired) electrons. The van der Waals surface area contributed by atoms with Gasteiger partial charge in [0.05, 0.1) is 19.0 Å². The van der Waals surface area contributed by atoms with Crippen LogP contribution >= 0.6 is 0 Å². The largest absolute Gasteiger partial charge is 0.494 e. The summed E-state index contributed by atoms with van der Waals surface area (Å²) in [6.07, 6.45) is -0.563. The number of carbonyl (C=O) groups is 3. The lowest BCUT2D eigenvalue weighted by Gasteiger charge is -2.30. The molecule has 3 amide bonds. The van der Waals surface area contributed by atoms with Crippen molar-refractivity contribution in [3.63, 3.8) is 0 Å². The van der Waals surface area contributed by atoms with Crippen molar-refractivity contribution in [2.75, 3.05) is 29.2 Å². The second-order valence-corrected chi connectivity index (χ2v) is 6.68. The number of anilines is 3. The van der Waals surface area contributed by atoms with Crippen LogP contribution in [0.5, 0.6) is 5.75 Å². The number of aliphatic carboxylic acids is 1. The minimum atomic E-state index is -1.05. The van der Waals surface area contributed by atoms with E-state index in [0.717, 1.165) is 5.56 Å². The molecular formula is C21H26N4O5. The van der Waals surface area contributed by atoms with Crippen molar-refractivity contribution < 1.29 is 24.2 Å². The first-order chi connectivity index (χ1) is 14.2. The smallest absolute Gasteiger partial charge is 0.323 e. The third-order valence-corrected chi connectivity index (χ3v) is 4.34. The van der Waals surface area contributed by atoms with E-state index in [0.29, 0.717) is 22.8 Å². The zero-order chi connectivity index (χ0) is 22.3. The van der Waals surface area contributed by atoms with E-state index in [9.17, 15) is 19.5 Å². The fraction of sp³-hybridized carbons (Fsp3) is 0.286. The Balaban J connectivity index is 2.23. The number of ether oxygens (including phenoxy) is 1. The number of urea groups is 1. The third-order valence-electron chi connectivity index (χ3n) is 4.34. The number of methoxy groups -OCH3 is 1. The van der Waals surface area contributed by atoms with E-state index >= 15 is 0 Å². The van der Waals surface area contributed by atoms with Crippen molar-refractivity contribution in [3.8, 4) is 5.75 Å². The van der Waals surface area contributed by atoms with E-state index in [-0.39, 0.29) is 12.5 Å². The molecule has 160 valence electrons. The Morgan fingerprint density at radius 3 is 2.37 bits per heavy atom. The maximum absolute atomic E-state index is 12.4. The summed E-state index contributed by atoms with van der Waals surface area (Å²) in [4.78, 5) is 36.6. The molecule has 30 heavy (non-hydrogen) atoms. The van der Waals surface area contributed by atoms with Gasteiger partial charge in [-0.1, -0.05) is 18.2 Å². The molecule has 0 spiro atoms. The lowest BCUT2D eigenvalue weighted by molar-refractivity contribution is -0.135. The maximum Gasteiger partial charge on any atom is 0.323 e. The number of hydrogen-bond acceptors (Lipinski definition) is 5. The summed E-state index contributed by atoms with van der Waals surface area (Å²) in [7, 11) is 1.45. The van der Waals surface area contributed by atoms with Gasteiger partial charge in [0, 0.05) is 24.4 Å². The summed E-state index contributed by atoms with van der Waals surface area (Å²) >= 11 is 0. The van der Waals surface area contributed by atoms with Gasteiger partial charge in [0.15, 0.2) is 0 Å². The van der Waals surface area contributed by atoms with Gasteiger partial charge in [-0.2, -0.15) is 0 Å². The molecule has 2 aromatic carbocycles. The van der Waals surface area contributed by atoms with Crippen molar-refractivity contribution in [2.24, 2.45) is 0 Å². The van der Waals surface area contributed by atoms with Gasteiger partial charge in [0.2, 0.25) is 5.91 Å². The Morgan fingerprint density at radius 1 is 1.10 bits per heavy atom. The molecule has 4 N–H and O–H groups in total. The molecular weight excluding hydrogens is 388 g/mol. The van der Waals surface area contributed by atoms with E-state index in [1.807, 2.05) is 25.1 Å². The first kappa shape index (κ1) is 22.5. The number of nitrogens with zero attached hydrogens (tertiary/aromatic N) is 1. The number of rotatable bonds is 8. The van der Waals surface area contributed by atoms with Gasteiger partial charge in [-0.05, 0) is 37.6 Å². The lowest BCUT2D eigenvalue weighted by Crippen LogP contribution is -2.47. The second-order valence-electron chi connectivity index (χ2n) is 6.68. The summed E-state index contributed by atoms with van der Waals surface area (Å²) < 4.78 is 5.37. The summed E-state index contributed by atoms with van der Waals surface area (Å²) in [5.41, 5.74) is 2.53. The van der Waals surface area contributed by atoms with Gasteiger partial charge in [0.1, 0.15) is 12.3 Å². The molecule has 1 atom stereocenters. The highest BCUT2D eigenvalue weighted by Gasteiger charge is 2.20. The predicted octanol–water partition coefficient (Wildman–Crippen LogP) is 3.02. The van der Waals surface area contributed by atoms with Crippen molar-refractivity contribution in [1.29, 1.82) is 0 Å². The predicted molar refractivity (Wildman–Crippen MR) is 115 cm³/mol. The third kappa shape index (κ3) is 6.13. The van der Waals surface area contributed by atoms with E-state index in [2.05, 4.69) is 16.0 Å². The number of carboxylic acid groups (broad SMARTS) is 1. The fourth-order valence-corrected chi connectivity index (χ4v) is 2.92. The summed E-state index contributed by atoms with van der Waals surface area (Å²) in [5.74, 6) is -0.986. The van der Waals surface area contributed by atoms with Crippen LogP contribution in [0.4, 0.5) is 21.9 Å². The van der Waals surface area contributed by atoms with Gasteiger partial charge in [0.25, 0.3) is 0 Å².